The summed E-state index contributed by atoms with van der Waals surface area (Å²) in [4.78, 5) is 29.0. The van der Waals surface area contributed by atoms with Crippen molar-refractivity contribution in [1.82, 2.24) is 14.7 Å². The Balaban J connectivity index is 1.87. The smallest absolute Gasteiger partial charge is 0.270 e. The van der Waals surface area contributed by atoms with Gasteiger partial charge in [0.05, 0.1) is 0 Å². The van der Waals surface area contributed by atoms with Gasteiger partial charge in [-0.05, 0) is 31.0 Å². The lowest BCUT2D eigenvalue weighted by atomic mass is 10.1. The number of hydrogen-bond donors (Lipinski definition) is 1. The van der Waals surface area contributed by atoms with E-state index < -0.39 is 5.91 Å². The summed E-state index contributed by atoms with van der Waals surface area (Å²) in [6.07, 6.45) is 2.96. The molecule has 3 rings (SSSR count). The first kappa shape index (κ1) is 15.0. The summed E-state index contributed by atoms with van der Waals surface area (Å²) in [5.41, 5.74) is 3.24. The Morgan fingerprint density at radius 1 is 1.22 bits per heavy atom. The molecule has 0 saturated carbocycles. The third kappa shape index (κ3) is 2.99. The molecule has 23 heavy (non-hydrogen) atoms. The fourth-order valence-electron chi connectivity index (χ4n) is 2.50. The largest absolute Gasteiger partial charge is 0.348 e. The maximum absolute atomic E-state index is 12.4. The van der Waals surface area contributed by atoms with Crippen LogP contribution in [0, 0.1) is 13.8 Å². The van der Waals surface area contributed by atoms with Crippen molar-refractivity contribution in [3.63, 3.8) is 0 Å². The van der Waals surface area contributed by atoms with Gasteiger partial charge in [-0.2, -0.15) is 0 Å². The minimum atomic E-state index is -0.417. The number of benzene rings is 1. The number of rotatable bonds is 3. The van der Waals surface area contributed by atoms with Crippen LogP contribution in [0.3, 0.4) is 0 Å². The van der Waals surface area contributed by atoms with E-state index in [9.17, 15) is 9.59 Å². The highest BCUT2D eigenvalue weighted by atomic mass is 16.2. The van der Waals surface area contributed by atoms with E-state index in [1.165, 1.54) is 10.6 Å². The molecule has 0 radical (unpaired) electrons. The van der Waals surface area contributed by atoms with E-state index in [1.807, 2.05) is 44.2 Å². The van der Waals surface area contributed by atoms with Gasteiger partial charge in [0.25, 0.3) is 11.5 Å². The van der Waals surface area contributed by atoms with Crippen LogP contribution in [0.2, 0.25) is 0 Å². The fourth-order valence-corrected chi connectivity index (χ4v) is 2.50. The monoisotopic (exact) mass is 307 g/mol. The predicted molar refractivity (Wildman–Crippen MR) is 88.5 cm³/mol. The molecule has 5 heteroatoms. The van der Waals surface area contributed by atoms with Gasteiger partial charge in [-0.3, -0.25) is 14.0 Å². The van der Waals surface area contributed by atoms with Crippen LogP contribution in [-0.2, 0) is 6.54 Å². The second-order valence-electron chi connectivity index (χ2n) is 5.53. The Labute approximate surface area is 133 Å². The number of carbonyl (C=O) groups excluding carboxylic acids is 1. The highest BCUT2D eigenvalue weighted by molar-refractivity contribution is 5.93. The third-order valence-electron chi connectivity index (χ3n) is 3.71. The van der Waals surface area contributed by atoms with Crippen molar-refractivity contribution in [1.29, 1.82) is 0 Å². The number of aryl methyl sites for hydroxylation is 2. The molecule has 1 amide bonds. The minimum Gasteiger partial charge on any atom is -0.348 e. The summed E-state index contributed by atoms with van der Waals surface area (Å²) in [5.74, 6) is -0.417. The topological polar surface area (TPSA) is 63.5 Å². The molecule has 0 saturated heterocycles. The van der Waals surface area contributed by atoms with E-state index in [-0.39, 0.29) is 11.1 Å². The molecule has 5 nitrogen and oxygen atoms in total. The number of fused-ring (bicyclic) bond motifs is 1. The van der Waals surface area contributed by atoms with E-state index in [0.29, 0.717) is 12.2 Å². The zero-order valence-corrected chi connectivity index (χ0v) is 13.0. The number of pyridine rings is 1. The predicted octanol–water partition coefficient (Wildman–Crippen LogP) is 2.24. The van der Waals surface area contributed by atoms with Crippen molar-refractivity contribution in [2.24, 2.45) is 0 Å². The molecular formula is C18H17N3O2. The summed E-state index contributed by atoms with van der Waals surface area (Å²) in [5, 5.41) is 2.77. The standard InChI is InChI=1S/C18H17N3O2/c1-12-5-3-7-14(9-12)10-20-17(22)15-11-19-16-13(2)6-4-8-21(16)18(15)23/h3-9,11H,10H2,1-2H3,(H,20,22). The molecule has 1 N–H and O–H groups in total. The molecule has 0 spiro atoms. The Morgan fingerprint density at radius 3 is 2.83 bits per heavy atom. The van der Waals surface area contributed by atoms with E-state index in [2.05, 4.69) is 10.3 Å². The number of amides is 1. The Hall–Kier alpha value is -2.95. The average Bonchev–Trinajstić information content (AvgIpc) is 2.54. The van der Waals surface area contributed by atoms with Crippen LogP contribution < -0.4 is 10.9 Å². The van der Waals surface area contributed by atoms with E-state index in [0.717, 1.165) is 16.7 Å². The molecule has 0 aliphatic rings. The zero-order valence-electron chi connectivity index (χ0n) is 13.0. The molecule has 0 bridgehead atoms. The normalized spacial score (nSPS) is 10.7. The minimum absolute atomic E-state index is 0.0424. The highest BCUT2D eigenvalue weighted by Gasteiger charge is 2.13. The van der Waals surface area contributed by atoms with Crippen molar-refractivity contribution in [3.05, 3.63) is 81.4 Å². The first-order valence-electron chi connectivity index (χ1n) is 7.37. The summed E-state index contributed by atoms with van der Waals surface area (Å²) in [6.45, 7) is 4.24. The number of carbonyl (C=O) groups is 1. The molecule has 2 heterocycles. The molecular weight excluding hydrogens is 290 g/mol. The van der Waals surface area contributed by atoms with Crippen LogP contribution in [0.1, 0.15) is 27.0 Å². The quantitative estimate of drug-likeness (QED) is 0.807. The Bertz CT molecular complexity index is 944. The van der Waals surface area contributed by atoms with Crippen LogP contribution in [0.25, 0.3) is 5.65 Å². The summed E-state index contributed by atoms with van der Waals surface area (Å²) in [6, 6.07) is 11.5. The number of aromatic nitrogens is 2. The van der Waals surface area contributed by atoms with Gasteiger partial charge in [-0.15, -0.1) is 0 Å². The van der Waals surface area contributed by atoms with Gasteiger partial charge >= 0.3 is 0 Å². The molecule has 0 atom stereocenters. The number of hydrogen-bond acceptors (Lipinski definition) is 3. The molecule has 0 fully saturated rings. The molecule has 3 aromatic rings. The third-order valence-corrected chi connectivity index (χ3v) is 3.71. The van der Waals surface area contributed by atoms with Crippen molar-refractivity contribution in [2.45, 2.75) is 20.4 Å². The van der Waals surface area contributed by atoms with Crippen LogP contribution in [0.15, 0.2) is 53.6 Å². The summed E-state index contributed by atoms with van der Waals surface area (Å²) in [7, 11) is 0. The van der Waals surface area contributed by atoms with E-state index in [4.69, 9.17) is 0 Å². The van der Waals surface area contributed by atoms with Crippen LogP contribution in [0.4, 0.5) is 0 Å². The molecule has 0 aliphatic heterocycles. The van der Waals surface area contributed by atoms with Crippen molar-refractivity contribution in [2.75, 3.05) is 0 Å². The average molecular weight is 307 g/mol. The van der Waals surface area contributed by atoms with Gasteiger partial charge in [-0.25, -0.2) is 4.98 Å². The van der Waals surface area contributed by atoms with Crippen molar-refractivity contribution in [3.8, 4) is 0 Å². The second-order valence-corrected chi connectivity index (χ2v) is 5.53. The summed E-state index contributed by atoms with van der Waals surface area (Å²) < 4.78 is 1.40. The first-order chi connectivity index (χ1) is 11.1. The zero-order chi connectivity index (χ0) is 16.4. The molecule has 0 unspecified atom stereocenters. The molecule has 1 aromatic carbocycles. The van der Waals surface area contributed by atoms with Crippen molar-refractivity contribution >= 4 is 11.6 Å². The fraction of sp³-hybridized carbons (Fsp3) is 0.167. The van der Waals surface area contributed by atoms with Gasteiger partial charge in [0.15, 0.2) is 0 Å². The molecule has 2 aromatic heterocycles. The lowest BCUT2D eigenvalue weighted by molar-refractivity contribution is 0.0949. The van der Waals surface area contributed by atoms with Gasteiger partial charge in [0.1, 0.15) is 11.2 Å². The van der Waals surface area contributed by atoms with Crippen LogP contribution >= 0.6 is 0 Å². The SMILES string of the molecule is Cc1cccc(CNC(=O)c2cnc3c(C)cccn3c2=O)c1. The number of nitrogens with one attached hydrogen (secondary N) is 1. The van der Waals surface area contributed by atoms with E-state index in [1.54, 1.807) is 12.3 Å². The lowest BCUT2D eigenvalue weighted by Gasteiger charge is -2.08. The van der Waals surface area contributed by atoms with Gasteiger partial charge < -0.3 is 5.32 Å². The van der Waals surface area contributed by atoms with E-state index >= 15 is 0 Å². The van der Waals surface area contributed by atoms with Gasteiger partial charge in [0.2, 0.25) is 0 Å². The van der Waals surface area contributed by atoms with Gasteiger partial charge in [-0.1, -0.05) is 35.9 Å². The maximum Gasteiger partial charge on any atom is 0.270 e. The van der Waals surface area contributed by atoms with Crippen LogP contribution in [-0.4, -0.2) is 15.3 Å². The lowest BCUT2D eigenvalue weighted by Crippen LogP contribution is -2.31. The summed E-state index contributed by atoms with van der Waals surface area (Å²) >= 11 is 0. The van der Waals surface area contributed by atoms with Gasteiger partial charge in [0, 0.05) is 18.9 Å². The number of nitrogens with zero attached hydrogens (tertiary/aromatic N) is 2. The van der Waals surface area contributed by atoms with Crippen molar-refractivity contribution < 1.29 is 4.79 Å². The molecule has 116 valence electrons. The highest BCUT2D eigenvalue weighted by Crippen LogP contribution is 2.06. The first-order valence-corrected chi connectivity index (χ1v) is 7.37. The Kier molecular flexibility index (Phi) is 3.93. The second kappa shape index (κ2) is 6.04. The maximum atomic E-state index is 12.4. The Morgan fingerprint density at radius 2 is 2.04 bits per heavy atom. The van der Waals surface area contributed by atoms with Crippen LogP contribution in [0.5, 0.6) is 0 Å². The molecule has 0 aliphatic carbocycles.